The molecule has 0 radical (unpaired) electrons. The molecule has 2 aromatic rings. The summed E-state index contributed by atoms with van der Waals surface area (Å²) in [5.41, 5.74) is 1.87. The van der Waals surface area contributed by atoms with Gasteiger partial charge in [-0.25, -0.2) is 4.98 Å². The zero-order valence-electron chi connectivity index (χ0n) is 21.8. The number of pyridine rings is 1. The number of hydrogen-bond acceptors (Lipinski definition) is 6. The average Bonchev–Trinajstić information content (AvgIpc) is 3.20. The van der Waals surface area contributed by atoms with E-state index in [2.05, 4.69) is 14.8 Å². The van der Waals surface area contributed by atoms with Crippen molar-refractivity contribution >= 4 is 29.0 Å². The van der Waals surface area contributed by atoms with Crippen LogP contribution in [0.15, 0.2) is 30.3 Å². The van der Waals surface area contributed by atoms with Gasteiger partial charge in [0, 0.05) is 57.9 Å². The van der Waals surface area contributed by atoms with E-state index in [4.69, 9.17) is 4.74 Å². The van der Waals surface area contributed by atoms with Crippen molar-refractivity contribution in [1.82, 2.24) is 9.88 Å². The lowest BCUT2D eigenvalue weighted by molar-refractivity contribution is -0.137. The molecule has 204 valence electrons. The lowest BCUT2D eigenvalue weighted by Gasteiger charge is -2.40. The molecular weight excluding hydrogens is 499 g/mol. The van der Waals surface area contributed by atoms with Gasteiger partial charge in [-0.05, 0) is 44.0 Å². The topological polar surface area (TPSA) is 69.2 Å². The van der Waals surface area contributed by atoms with Gasteiger partial charge in [-0.15, -0.1) is 0 Å². The number of hydrogen-bond donors (Lipinski definition) is 0. The van der Waals surface area contributed by atoms with Crippen LogP contribution in [-0.4, -0.2) is 74.3 Å². The molecule has 8 nitrogen and oxygen atoms in total. The van der Waals surface area contributed by atoms with E-state index in [-0.39, 0.29) is 23.8 Å². The highest BCUT2D eigenvalue weighted by atomic mass is 19.4. The molecule has 0 aliphatic carbocycles. The molecule has 0 N–H and O–H groups in total. The van der Waals surface area contributed by atoms with Gasteiger partial charge in [0.05, 0.1) is 23.7 Å². The number of anilines is 3. The molecule has 4 heterocycles. The molecule has 2 amide bonds. The first-order valence-electron chi connectivity index (χ1n) is 12.8. The maximum Gasteiger partial charge on any atom is 0.416 e. The van der Waals surface area contributed by atoms with Crippen molar-refractivity contribution in [1.29, 1.82) is 0 Å². The smallest absolute Gasteiger partial charge is 0.368 e. The zero-order valence-corrected chi connectivity index (χ0v) is 21.8. The number of nitrogens with zero attached hydrogens (tertiary/aromatic N) is 5. The Balaban J connectivity index is 1.53. The zero-order chi connectivity index (χ0) is 27.2. The third kappa shape index (κ3) is 4.96. The van der Waals surface area contributed by atoms with Crippen LogP contribution in [0, 0.1) is 19.8 Å². The molecule has 1 aromatic heterocycles. The molecule has 2 atom stereocenters. The second-order valence-corrected chi connectivity index (χ2v) is 10.3. The number of benzene rings is 1. The third-order valence-corrected chi connectivity index (χ3v) is 7.60. The predicted octanol–water partition coefficient (Wildman–Crippen LogP) is 3.60. The van der Waals surface area contributed by atoms with Crippen molar-refractivity contribution in [2.45, 2.75) is 38.9 Å². The first-order valence-corrected chi connectivity index (χ1v) is 12.8. The Morgan fingerprint density at radius 2 is 1.92 bits per heavy atom. The molecular formula is C27H32F3N5O3. The molecule has 0 unspecified atom stereocenters. The van der Waals surface area contributed by atoms with E-state index in [0.29, 0.717) is 25.5 Å². The molecule has 2 fully saturated rings. The molecule has 11 heteroatoms. The SMILES string of the molecule is Cc1cc(C(F)(F)F)cc(N2C(=O)C[C@@H]3CN(CCN4CCCOC4)c4c(C)cccc4N(C)C(=O)[C@H]32)n1. The summed E-state index contributed by atoms with van der Waals surface area (Å²) in [4.78, 5) is 38.6. The normalized spacial score (nSPS) is 22.8. The number of ether oxygens (including phenoxy) is 1. The number of likely N-dealkylation sites (N-methyl/N-ethyl adjacent to an activating group) is 1. The lowest BCUT2D eigenvalue weighted by Crippen LogP contribution is -2.53. The summed E-state index contributed by atoms with van der Waals surface area (Å²) in [5.74, 6) is -1.30. The number of halogens is 3. The number of carbonyl (C=O) groups is 2. The first-order chi connectivity index (χ1) is 18.0. The molecule has 3 aliphatic rings. The Bertz CT molecular complexity index is 1230. The van der Waals surface area contributed by atoms with Gasteiger partial charge in [0.2, 0.25) is 11.8 Å². The van der Waals surface area contributed by atoms with Crippen LogP contribution in [0.1, 0.15) is 29.7 Å². The number of aryl methyl sites for hydroxylation is 2. The molecule has 0 saturated carbocycles. The second-order valence-electron chi connectivity index (χ2n) is 10.3. The Hall–Kier alpha value is -3.18. The van der Waals surface area contributed by atoms with Crippen LogP contribution in [0.5, 0.6) is 0 Å². The Morgan fingerprint density at radius 3 is 2.63 bits per heavy atom. The Kier molecular flexibility index (Phi) is 7.08. The van der Waals surface area contributed by atoms with Crippen molar-refractivity contribution in [3.63, 3.8) is 0 Å². The van der Waals surface area contributed by atoms with Crippen LogP contribution >= 0.6 is 0 Å². The van der Waals surface area contributed by atoms with Gasteiger partial charge < -0.3 is 14.5 Å². The maximum absolute atomic E-state index is 13.9. The number of amides is 2. The molecule has 1 aromatic carbocycles. The highest BCUT2D eigenvalue weighted by Gasteiger charge is 2.49. The minimum absolute atomic E-state index is 0.0474. The van der Waals surface area contributed by atoms with E-state index in [1.54, 1.807) is 7.05 Å². The molecule has 0 spiro atoms. The van der Waals surface area contributed by atoms with Gasteiger partial charge in [-0.1, -0.05) is 12.1 Å². The molecule has 0 bridgehead atoms. The van der Waals surface area contributed by atoms with Crippen molar-refractivity contribution in [2.24, 2.45) is 5.92 Å². The predicted molar refractivity (Wildman–Crippen MR) is 137 cm³/mol. The fraction of sp³-hybridized carbons (Fsp3) is 0.519. The monoisotopic (exact) mass is 531 g/mol. The maximum atomic E-state index is 13.9. The standard InChI is InChI=1S/C27H32F3N5O3/c1-17-6-4-7-21-24(17)34(10-9-33-8-5-11-38-16-33)15-19-13-23(36)35(25(19)26(37)32(21)3)22-14-20(27(28,29)30)12-18(2)31-22/h4,6-7,12,14,19,25H,5,8-11,13,15-16H2,1-3H3/t19-,25+/m1/s1. The summed E-state index contributed by atoms with van der Waals surface area (Å²) in [5, 5.41) is 0. The van der Waals surface area contributed by atoms with E-state index in [1.807, 2.05) is 25.1 Å². The summed E-state index contributed by atoms with van der Waals surface area (Å²) < 4.78 is 46.4. The van der Waals surface area contributed by atoms with Gasteiger partial charge >= 0.3 is 6.18 Å². The van der Waals surface area contributed by atoms with Gasteiger partial charge in [-0.3, -0.25) is 19.4 Å². The van der Waals surface area contributed by atoms with Crippen LogP contribution in [-0.2, 0) is 20.5 Å². The highest BCUT2D eigenvalue weighted by molar-refractivity contribution is 6.10. The van der Waals surface area contributed by atoms with Crippen LogP contribution < -0.4 is 14.7 Å². The van der Waals surface area contributed by atoms with Crippen LogP contribution in [0.3, 0.4) is 0 Å². The van der Waals surface area contributed by atoms with E-state index in [0.717, 1.165) is 49.5 Å². The van der Waals surface area contributed by atoms with Crippen LogP contribution in [0.2, 0.25) is 0 Å². The van der Waals surface area contributed by atoms with E-state index < -0.39 is 29.6 Å². The fourth-order valence-corrected chi connectivity index (χ4v) is 5.79. The minimum Gasteiger partial charge on any atom is -0.368 e. The van der Waals surface area contributed by atoms with Crippen molar-refractivity contribution in [3.8, 4) is 0 Å². The van der Waals surface area contributed by atoms with Crippen molar-refractivity contribution in [3.05, 3.63) is 47.2 Å². The van der Waals surface area contributed by atoms with Crippen molar-refractivity contribution in [2.75, 3.05) is 61.3 Å². The summed E-state index contributed by atoms with van der Waals surface area (Å²) in [7, 11) is 1.66. The number of rotatable bonds is 4. The van der Waals surface area contributed by atoms with E-state index >= 15 is 0 Å². The number of aromatic nitrogens is 1. The van der Waals surface area contributed by atoms with Gasteiger partial charge in [0.1, 0.15) is 11.9 Å². The Morgan fingerprint density at radius 1 is 1.13 bits per heavy atom. The van der Waals surface area contributed by atoms with Crippen LogP contribution in [0.25, 0.3) is 0 Å². The fourth-order valence-electron chi connectivity index (χ4n) is 5.79. The largest absolute Gasteiger partial charge is 0.416 e. The number of para-hydroxylation sites is 1. The number of fused-ring (bicyclic) bond motifs is 2. The average molecular weight is 532 g/mol. The molecule has 38 heavy (non-hydrogen) atoms. The van der Waals surface area contributed by atoms with Gasteiger partial charge in [0.15, 0.2) is 0 Å². The highest BCUT2D eigenvalue weighted by Crippen LogP contribution is 2.41. The van der Waals surface area contributed by atoms with Gasteiger partial charge in [-0.2, -0.15) is 13.2 Å². The second kappa shape index (κ2) is 10.2. The number of alkyl halides is 3. The van der Waals surface area contributed by atoms with E-state index in [1.165, 1.54) is 16.7 Å². The quantitative estimate of drug-likeness (QED) is 0.601. The summed E-state index contributed by atoms with van der Waals surface area (Å²) in [6, 6.07) is 6.59. The third-order valence-electron chi connectivity index (χ3n) is 7.60. The Labute approximate surface area is 220 Å². The lowest BCUT2D eigenvalue weighted by atomic mass is 9.95. The molecule has 5 rings (SSSR count). The van der Waals surface area contributed by atoms with E-state index in [9.17, 15) is 22.8 Å². The minimum atomic E-state index is -4.60. The summed E-state index contributed by atoms with van der Waals surface area (Å²) >= 11 is 0. The summed E-state index contributed by atoms with van der Waals surface area (Å²) in [6.07, 6.45) is -3.59. The van der Waals surface area contributed by atoms with Gasteiger partial charge in [0.25, 0.3) is 0 Å². The molecule has 3 aliphatic heterocycles. The summed E-state index contributed by atoms with van der Waals surface area (Å²) in [6.45, 7) is 7.51. The van der Waals surface area contributed by atoms with Crippen molar-refractivity contribution < 1.29 is 27.5 Å². The first kappa shape index (κ1) is 26.4. The molecule has 2 saturated heterocycles. The number of carbonyl (C=O) groups excluding carboxylic acids is 2. The van der Waals surface area contributed by atoms with Crippen LogP contribution in [0.4, 0.5) is 30.4 Å².